The van der Waals surface area contributed by atoms with Gasteiger partial charge in [-0.1, -0.05) is 13.8 Å². The summed E-state index contributed by atoms with van der Waals surface area (Å²) in [5.74, 6) is 0. The first kappa shape index (κ1) is 14.3. The van der Waals surface area contributed by atoms with Gasteiger partial charge in [0, 0.05) is 12.6 Å². The Hall–Kier alpha value is -0.770. The molecule has 1 amide bonds. The van der Waals surface area contributed by atoms with Crippen LogP contribution >= 0.6 is 0 Å². The van der Waals surface area contributed by atoms with Crippen molar-refractivity contribution < 1.29 is 14.3 Å². The van der Waals surface area contributed by atoms with Crippen LogP contribution in [-0.4, -0.2) is 30.4 Å². The lowest BCUT2D eigenvalue weighted by atomic mass is 9.86. The number of rotatable bonds is 4. The van der Waals surface area contributed by atoms with Gasteiger partial charge in [0.2, 0.25) is 0 Å². The molecule has 0 bridgehead atoms. The van der Waals surface area contributed by atoms with E-state index in [4.69, 9.17) is 9.47 Å². The molecule has 0 aromatic heterocycles. The van der Waals surface area contributed by atoms with Crippen LogP contribution in [-0.2, 0) is 9.47 Å². The maximum absolute atomic E-state index is 11.5. The van der Waals surface area contributed by atoms with E-state index in [-0.39, 0.29) is 23.8 Å². The van der Waals surface area contributed by atoms with E-state index in [0.29, 0.717) is 6.61 Å². The third kappa shape index (κ3) is 4.19. The first-order chi connectivity index (χ1) is 8.01. The molecule has 4 heteroatoms. The Morgan fingerprint density at radius 1 is 1.47 bits per heavy atom. The average Bonchev–Trinajstić information content (AvgIpc) is 2.28. The molecule has 0 radical (unpaired) electrons. The van der Waals surface area contributed by atoms with E-state index in [1.807, 2.05) is 13.8 Å². The monoisotopic (exact) mass is 243 g/mol. The van der Waals surface area contributed by atoms with Crippen LogP contribution in [0.5, 0.6) is 0 Å². The lowest BCUT2D eigenvalue weighted by Gasteiger charge is -2.40. The van der Waals surface area contributed by atoms with E-state index in [1.54, 1.807) is 0 Å². The van der Waals surface area contributed by atoms with Crippen LogP contribution in [0.1, 0.15) is 53.4 Å². The van der Waals surface area contributed by atoms with Gasteiger partial charge in [-0.15, -0.1) is 0 Å². The number of alkyl carbamates (subject to hydrolysis) is 1. The molecule has 1 N–H and O–H groups in total. The fraction of sp³-hybridized carbons (Fsp3) is 0.923. The van der Waals surface area contributed by atoms with Crippen molar-refractivity contribution in [3.63, 3.8) is 0 Å². The van der Waals surface area contributed by atoms with Crippen molar-refractivity contribution in [2.45, 2.75) is 71.1 Å². The summed E-state index contributed by atoms with van der Waals surface area (Å²) in [6.45, 7) is 8.70. The second kappa shape index (κ2) is 6.24. The molecule has 0 aromatic carbocycles. The van der Waals surface area contributed by atoms with E-state index < -0.39 is 0 Å². The second-order valence-corrected chi connectivity index (χ2v) is 5.03. The van der Waals surface area contributed by atoms with Crippen molar-refractivity contribution in [2.24, 2.45) is 0 Å². The highest BCUT2D eigenvalue weighted by atomic mass is 16.6. The fourth-order valence-corrected chi connectivity index (χ4v) is 2.31. The molecule has 0 saturated carbocycles. The molecule has 1 unspecified atom stereocenters. The SMILES string of the molecule is CCC1(CC)CC(NC(=O)OC(C)C)CCO1. The standard InChI is InChI=1S/C13H25NO3/c1-5-13(6-2)9-11(7-8-16-13)14-12(15)17-10(3)4/h10-11H,5-9H2,1-4H3,(H,14,15). The zero-order chi connectivity index (χ0) is 12.9. The maximum atomic E-state index is 11.5. The third-order valence-corrected chi connectivity index (χ3v) is 3.45. The molecule has 1 aliphatic rings. The quantitative estimate of drug-likeness (QED) is 0.826. The van der Waals surface area contributed by atoms with Crippen LogP contribution in [0.3, 0.4) is 0 Å². The summed E-state index contributed by atoms with van der Waals surface area (Å²) >= 11 is 0. The smallest absolute Gasteiger partial charge is 0.407 e. The molecule has 1 heterocycles. The molecule has 1 saturated heterocycles. The van der Waals surface area contributed by atoms with Gasteiger partial charge in [0.15, 0.2) is 0 Å². The van der Waals surface area contributed by atoms with E-state index in [9.17, 15) is 4.79 Å². The lowest BCUT2D eigenvalue weighted by molar-refractivity contribution is -0.0924. The molecular weight excluding hydrogens is 218 g/mol. The minimum absolute atomic E-state index is 0.0615. The van der Waals surface area contributed by atoms with E-state index in [1.165, 1.54) is 0 Å². The fourth-order valence-electron chi connectivity index (χ4n) is 2.31. The summed E-state index contributed by atoms with van der Waals surface area (Å²) in [6, 6.07) is 0.176. The van der Waals surface area contributed by atoms with Crippen LogP contribution in [0.25, 0.3) is 0 Å². The number of ether oxygens (including phenoxy) is 2. The molecule has 0 spiro atoms. The first-order valence-electron chi connectivity index (χ1n) is 6.62. The molecule has 1 aliphatic heterocycles. The van der Waals surface area contributed by atoms with Crippen molar-refractivity contribution in [3.05, 3.63) is 0 Å². The predicted octanol–water partition coefficient (Wildman–Crippen LogP) is 2.86. The normalized spacial score (nSPS) is 23.5. The number of carbonyl (C=O) groups excluding carboxylic acids is 1. The zero-order valence-electron chi connectivity index (χ0n) is 11.4. The largest absolute Gasteiger partial charge is 0.447 e. The number of carbonyl (C=O) groups is 1. The van der Waals surface area contributed by atoms with E-state index in [2.05, 4.69) is 19.2 Å². The Morgan fingerprint density at radius 2 is 2.12 bits per heavy atom. The van der Waals surface area contributed by atoms with Gasteiger partial charge in [-0.2, -0.15) is 0 Å². The van der Waals surface area contributed by atoms with Crippen LogP contribution in [0.4, 0.5) is 4.79 Å². The van der Waals surface area contributed by atoms with Gasteiger partial charge in [-0.25, -0.2) is 4.79 Å². The molecule has 17 heavy (non-hydrogen) atoms. The highest BCUT2D eigenvalue weighted by Crippen LogP contribution is 2.31. The molecule has 0 aromatic rings. The van der Waals surface area contributed by atoms with Crippen molar-refractivity contribution in [3.8, 4) is 0 Å². The predicted molar refractivity (Wildman–Crippen MR) is 67.0 cm³/mol. The number of hydrogen-bond acceptors (Lipinski definition) is 3. The van der Waals surface area contributed by atoms with Crippen molar-refractivity contribution in [1.29, 1.82) is 0 Å². The minimum Gasteiger partial charge on any atom is -0.447 e. The van der Waals surface area contributed by atoms with Gasteiger partial charge >= 0.3 is 6.09 Å². The van der Waals surface area contributed by atoms with Crippen molar-refractivity contribution in [2.75, 3.05) is 6.61 Å². The van der Waals surface area contributed by atoms with Crippen LogP contribution in [0.2, 0.25) is 0 Å². The number of nitrogens with one attached hydrogen (secondary N) is 1. The van der Waals surface area contributed by atoms with Gasteiger partial charge in [0.25, 0.3) is 0 Å². The number of hydrogen-bond donors (Lipinski definition) is 1. The summed E-state index contributed by atoms with van der Waals surface area (Å²) in [5.41, 5.74) is -0.0615. The highest BCUT2D eigenvalue weighted by Gasteiger charge is 2.35. The van der Waals surface area contributed by atoms with Gasteiger partial charge in [-0.05, 0) is 39.5 Å². The topological polar surface area (TPSA) is 47.6 Å². The van der Waals surface area contributed by atoms with Crippen molar-refractivity contribution in [1.82, 2.24) is 5.32 Å². The van der Waals surface area contributed by atoms with Gasteiger partial charge in [-0.3, -0.25) is 0 Å². The molecule has 100 valence electrons. The molecule has 1 rings (SSSR count). The summed E-state index contributed by atoms with van der Waals surface area (Å²) in [5, 5.41) is 2.93. The Labute approximate surface area is 104 Å². The van der Waals surface area contributed by atoms with Crippen molar-refractivity contribution >= 4 is 6.09 Å². The molecule has 0 aliphatic carbocycles. The van der Waals surface area contributed by atoms with Crippen LogP contribution < -0.4 is 5.32 Å². The zero-order valence-corrected chi connectivity index (χ0v) is 11.4. The summed E-state index contributed by atoms with van der Waals surface area (Å²) in [6.07, 6.45) is 3.34. The summed E-state index contributed by atoms with van der Waals surface area (Å²) < 4.78 is 11.0. The number of amides is 1. The third-order valence-electron chi connectivity index (χ3n) is 3.45. The van der Waals surface area contributed by atoms with E-state index >= 15 is 0 Å². The summed E-state index contributed by atoms with van der Waals surface area (Å²) in [4.78, 5) is 11.5. The molecular formula is C13H25NO3. The second-order valence-electron chi connectivity index (χ2n) is 5.03. The Morgan fingerprint density at radius 3 is 2.65 bits per heavy atom. The van der Waals surface area contributed by atoms with Crippen LogP contribution in [0.15, 0.2) is 0 Å². The minimum atomic E-state index is -0.312. The molecule has 4 nitrogen and oxygen atoms in total. The Kier molecular flexibility index (Phi) is 5.25. The first-order valence-corrected chi connectivity index (χ1v) is 6.62. The van der Waals surface area contributed by atoms with Gasteiger partial charge in [0.05, 0.1) is 11.7 Å². The van der Waals surface area contributed by atoms with Crippen LogP contribution in [0, 0.1) is 0 Å². The Balaban J connectivity index is 2.47. The highest BCUT2D eigenvalue weighted by molar-refractivity contribution is 5.67. The average molecular weight is 243 g/mol. The Bertz CT molecular complexity index is 249. The van der Waals surface area contributed by atoms with E-state index in [0.717, 1.165) is 25.7 Å². The maximum Gasteiger partial charge on any atom is 0.407 e. The lowest BCUT2D eigenvalue weighted by Crippen LogP contribution is -2.48. The molecule has 1 fully saturated rings. The summed E-state index contributed by atoms with van der Waals surface area (Å²) in [7, 11) is 0. The molecule has 1 atom stereocenters. The van der Waals surface area contributed by atoms with Gasteiger partial charge in [0.1, 0.15) is 0 Å². The van der Waals surface area contributed by atoms with Gasteiger partial charge < -0.3 is 14.8 Å².